The minimum absolute atomic E-state index is 0.0576. The first-order valence-electron chi connectivity index (χ1n) is 22.6. The number of carbonyl (C=O) groups excluding carboxylic acids is 9. The number of carbonyl (C=O) groups is 9. The van der Waals surface area contributed by atoms with Crippen LogP contribution in [-0.2, 0) is 43.2 Å². The van der Waals surface area contributed by atoms with Gasteiger partial charge in [0.25, 0.3) is 0 Å². The Bertz CT molecular complexity index is 1770. The molecule has 9 amide bonds. The minimum Gasteiger partial charge on any atom is -0.352 e. The number of terminal acetylenes is 3. The smallest absolute Gasteiger partial charge is 0.244 e. The van der Waals surface area contributed by atoms with E-state index in [9.17, 15) is 43.2 Å². The Kier molecular flexibility index (Phi) is 30.9. The van der Waals surface area contributed by atoms with Gasteiger partial charge in [-0.05, 0) is 112 Å². The van der Waals surface area contributed by atoms with Crippen LogP contribution in [0.4, 0.5) is 0 Å². The van der Waals surface area contributed by atoms with Crippen molar-refractivity contribution in [1.29, 1.82) is 0 Å². The number of nitrogens with one attached hydrogen (secondary N) is 9. The van der Waals surface area contributed by atoms with Gasteiger partial charge < -0.3 is 70.8 Å². The second kappa shape index (κ2) is 34.1. The Morgan fingerprint density at radius 1 is 0.373 bits per heavy atom. The molecule has 17 N–H and O–H groups in total. The minimum atomic E-state index is -1.39. The lowest BCUT2D eigenvalue weighted by molar-refractivity contribution is -0.135. The molecule has 0 saturated carbocycles. The summed E-state index contributed by atoms with van der Waals surface area (Å²) in [7, 11) is 0. The molecule has 0 aromatic heterocycles. The normalized spacial score (nSPS) is 14.7. The predicted molar refractivity (Wildman–Crippen MR) is 253 cm³/mol. The molecule has 0 spiro atoms. The second-order valence-corrected chi connectivity index (χ2v) is 16.4. The van der Waals surface area contributed by atoms with E-state index in [1.165, 1.54) is 20.8 Å². The van der Waals surface area contributed by atoms with E-state index in [-0.39, 0.29) is 51.1 Å². The maximum atomic E-state index is 13.7. The summed E-state index contributed by atoms with van der Waals surface area (Å²) >= 11 is 0. The highest BCUT2D eigenvalue weighted by atomic mass is 16.2. The van der Waals surface area contributed by atoms with E-state index in [1.54, 1.807) is 13.8 Å². The van der Waals surface area contributed by atoms with Gasteiger partial charge in [0.2, 0.25) is 53.2 Å². The van der Waals surface area contributed by atoms with Crippen LogP contribution < -0.4 is 70.8 Å². The lowest BCUT2D eigenvalue weighted by Crippen LogP contribution is -2.59. The van der Waals surface area contributed by atoms with Crippen molar-refractivity contribution in [3.63, 3.8) is 0 Å². The summed E-state index contributed by atoms with van der Waals surface area (Å²) in [6, 6.07) is -10.9. The summed E-state index contributed by atoms with van der Waals surface area (Å²) in [6.45, 7) is 8.57. The van der Waals surface area contributed by atoms with Gasteiger partial charge >= 0.3 is 0 Å². The van der Waals surface area contributed by atoms with E-state index >= 15 is 0 Å². The molecule has 0 bridgehead atoms. The summed E-state index contributed by atoms with van der Waals surface area (Å²) in [4.78, 5) is 119. The Balaban J connectivity index is 6.04. The third kappa shape index (κ3) is 24.7. The van der Waals surface area contributed by atoms with Crippen LogP contribution in [-0.4, -0.2) is 133 Å². The Labute approximate surface area is 395 Å². The van der Waals surface area contributed by atoms with E-state index in [2.05, 4.69) is 65.6 Å². The summed E-state index contributed by atoms with van der Waals surface area (Å²) in [5, 5.41) is 23.0. The summed E-state index contributed by atoms with van der Waals surface area (Å²) in [5.74, 6) is 0.414. The van der Waals surface area contributed by atoms with E-state index in [0.717, 1.165) is 0 Å². The van der Waals surface area contributed by atoms with Crippen LogP contribution in [0.25, 0.3) is 0 Å². The third-order valence-corrected chi connectivity index (χ3v) is 9.95. The van der Waals surface area contributed by atoms with Gasteiger partial charge in [0.15, 0.2) is 0 Å². The average molecular weight is 942 g/mol. The largest absolute Gasteiger partial charge is 0.352 e. The molecule has 0 unspecified atom stereocenters. The first-order chi connectivity index (χ1) is 31.7. The standard InChI is InChI=1S/C45H75N13O9/c1-9-18-31(40(62)50-27(4)5)56-44(66)35(22-13-16-25-47)54-38(60)29(7)52-42(64)33(20-11-3)58-45(67)36(23-14-17-26-48)55-39(61)30(8)51-41(63)32(19-10-2)57-43(65)34(21-12-15-24-46)53-37(59)28(6)49/h1-3,27-36H,12-26,46-49H2,4-8H3,(H,50,62)(H,51,63)(H,52,64)(H,53,59)(H,54,60)(H,55,61)(H,56,66)(H,57,65)(H,58,67)/t28-,29-,30-,31-,32-,33-,34-,35-,36-/m0/s1. The first kappa shape index (κ1) is 60.8. The molecule has 22 heteroatoms. The number of rotatable bonds is 33. The zero-order chi connectivity index (χ0) is 51.1. The highest BCUT2D eigenvalue weighted by Crippen LogP contribution is 2.08. The predicted octanol–water partition coefficient (Wildman–Crippen LogP) is -3.77. The van der Waals surface area contributed by atoms with Gasteiger partial charge in [0, 0.05) is 25.3 Å². The molecule has 0 radical (unpaired) electrons. The molecule has 0 aromatic rings. The summed E-state index contributed by atoms with van der Waals surface area (Å²) in [5.41, 5.74) is 22.5. The molecule has 0 saturated heterocycles. The van der Waals surface area contributed by atoms with Crippen molar-refractivity contribution >= 4 is 53.2 Å². The molecule has 0 aliphatic heterocycles. The molecule has 9 atom stereocenters. The fraction of sp³-hybridized carbons (Fsp3) is 0.667. The molecule has 0 fully saturated rings. The molecule has 0 aliphatic carbocycles. The summed E-state index contributed by atoms with van der Waals surface area (Å²) < 4.78 is 0. The van der Waals surface area contributed by atoms with Crippen molar-refractivity contribution in [3.8, 4) is 37.0 Å². The number of hydrogen-bond acceptors (Lipinski definition) is 13. The van der Waals surface area contributed by atoms with Gasteiger partial charge in [0.1, 0.15) is 48.3 Å². The third-order valence-electron chi connectivity index (χ3n) is 9.95. The molecule has 67 heavy (non-hydrogen) atoms. The van der Waals surface area contributed by atoms with Crippen LogP contribution in [0.3, 0.4) is 0 Å². The number of hydrogen-bond donors (Lipinski definition) is 13. The Morgan fingerprint density at radius 3 is 0.881 bits per heavy atom. The first-order valence-corrected chi connectivity index (χ1v) is 22.6. The molecule has 22 nitrogen and oxygen atoms in total. The van der Waals surface area contributed by atoms with Crippen LogP contribution in [0.5, 0.6) is 0 Å². The van der Waals surface area contributed by atoms with Crippen molar-refractivity contribution in [1.82, 2.24) is 47.9 Å². The van der Waals surface area contributed by atoms with Crippen molar-refractivity contribution in [2.75, 3.05) is 19.6 Å². The molecule has 0 heterocycles. The number of unbranched alkanes of at least 4 members (excludes halogenated alkanes) is 3. The fourth-order valence-electron chi connectivity index (χ4n) is 6.12. The van der Waals surface area contributed by atoms with Crippen molar-refractivity contribution in [2.24, 2.45) is 22.9 Å². The molecule has 0 rings (SSSR count). The molecule has 0 aromatic carbocycles. The average Bonchev–Trinajstić information content (AvgIpc) is 3.26. The second-order valence-electron chi connectivity index (χ2n) is 16.4. The highest BCUT2D eigenvalue weighted by molar-refractivity contribution is 5.98. The van der Waals surface area contributed by atoms with Crippen LogP contribution in [0.15, 0.2) is 0 Å². The van der Waals surface area contributed by atoms with E-state index in [4.69, 9.17) is 42.2 Å². The Morgan fingerprint density at radius 2 is 0.627 bits per heavy atom. The fourth-order valence-corrected chi connectivity index (χ4v) is 6.12. The molecule has 0 aliphatic rings. The van der Waals surface area contributed by atoms with Gasteiger partial charge in [-0.1, -0.05) is 0 Å². The van der Waals surface area contributed by atoms with E-state index < -0.39 is 108 Å². The van der Waals surface area contributed by atoms with Crippen molar-refractivity contribution in [3.05, 3.63) is 0 Å². The van der Waals surface area contributed by atoms with Crippen LogP contribution in [0.1, 0.15) is 112 Å². The van der Waals surface area contributed by atoms with E-state index in [0.29, 0.717) is 51.6 Å². The van der Waals surface area contributed by atoms with Gasteiger partial charge in [-0.15, -0.1) is 37.0 Å². The number of nitrogens with two attached hydrogens (primary N) is 4. The molecular formula is C45H75N13O9. The lowest BCUT2D eigenvalue weighted by atomic mass is 10.1. The quantitative estimate of drug-likeness (QED) is 0.0222. The van der Waals surface area contributed by atoms with Crippen LogP contribution in [0.2, 0.25) is 0 Å². The highest BCUT2D eigenvalue weighted by Gasteiger charge is 2.33. The molecule has 374 valence electrons. The molecular weight excluding hydrogens is 867 g/mol. The maximum absolute atomic E-state index is 13.7. The zero-order valence-corrected chi connectivity index (χ0v) is 39.6. The summed E-state index contributed by atoms with van der Waals surface area (Å²) in [6.07, 6.45) is 19.0. The van der Waals surface area contributed by atoms with Crippen LogP contribution >= 0.6 is 0 Å². The van der Waals surface area contributed by atoms with Gasteiger partial charge in [0.05, 0.1) is 6.04 Å². The maximum Gasteiger partial charge on any atom is 0.244 e. The van der Waals surface area contributed by atoms with E-state index in [1.807, 2.05) is 0 Å². The topological polar surface area (TPSA) is 366 Å². The SMILES string of the molecule is C#CC[C@H](NC(=O)[C@H](CCCCN)NC(=O)[C@H](C)NC(=O)[C@H](CC#C)NC(=O)[C@H](CCCCN)NC(=O)[C@H](C)NC(=O)[C@H](CC#C)NC(=O)[C@H](CCCCN)NC(=O)[C@H](C)N)C(=O)NC(C)C. The van der Waals surface area contributed by atoms with Crippen molar-refractivity contribution in [2.45, 2.75) is 172 Å². The number of amides is 9. The van der Waals surface area contributed by atoms with Gasteiger partial charge in [-0.2, -0.15) is 0 Å². The monoisotopic (exact) mass is 942 g/mol. The lowest BCUT2D eigenvalue weighted by Gasteiger charge is -2.26. The van der Waals surface area contributed by atoms with Crippen LogP contribution in [0, 0.1) is 37.0 Å². The van der Waals surface area contributed by atoms with Gasteiger partial charge in [-0.25, -0.2) is 0 Å². The van der Waals surface area contributed by atoms with Crippen molar-refractivity contribution < 1.29 is 43.2 Å². The zero-order valence-electron chi connectivity index (χ0n) is 39.6. The van der Waals surface area contributed by atoms with Gasteiger partial charge in [-0.3, -0.25) is 43.2 Å². The Hall–Kier alpha value is -6.25.